The van der Waals surface area contributed by atoms with E-state index in [0.717, 1.165) is 5.56 Å². The van der Waals surface area contributed by atoms with E-state index >= 15 is 0 Å². The van der Waals surface area contributed by atoms with E-state index in [1.165, 1.54) is 5.06 Å². The molecule has 100 valence electrons. The smallest absolute Gasteiger partial charge is 0.266 e. The molecule has 2 rings (SSSR count). The van der Waals surface area contributed by atoms with E-state index < -0.39 is 11.5 Å². The summed E-state index contributed by atoms with van der Waals surface area (Å²) in [5.41, 5.74) is 0.588. The Balaban J connectivity index is 2.35. The van der Waals surface area contributed by atoms with Crippen molar-refractivity contribution < 1.29 is 14.4 Å². The summed E-state index contributed by atoms with van der Waals surface area (Å²) in [7, 11) is 0. The quantitative estimate of drug-likeness (QED) is 0.605. The molecule has 4 nitrogen and oxygen atoms in total. The van der Waals surface area contributed by atoms with Gasteiger partial charge in [-0.15, -0.1) is 0 Å². The van der Waals surface area contributed by atoms with Crippen LogP contribution in [0.4, 0.5) is 0 Å². The molecule has 0 spiro atoms. The maximum Gasteiger partial charge on any atom is 0.285 e. The zero-order chi connectivity index (χ0) is 14.0. The Hall–Kier alpha value is -1.90. The van der Waals surface area contributed by atoms with Crippen molar-refractivity contribution in [1.29, 1.82) is 0 Å². The van der Waals surface area contributed by atoms with Gasteiger partial charge < -0.3 is 0 Å². The average Bonchev–Trinajstić information content (AvgIpc) is 2.66. The average molecular weight is 259 g/mol. The molecule has 1 unspecified atom stereocenters. The van der Waals surface area contributed by atoms with Crippen LogP contribution >= 0.6 is 0 Å². The molecule has 1 aromatic rings. The summed E-state index contributed by atoms with van der Waals surface area (Å²) < 4.78 is 0. The van der Waals surface area contributed by atoms with E-state index in [4.69, 9.17) is 4.84 Å². The number of carbonyl (C=O) groups is 1. The molecule has 1 aliphatic rings. The van der Waals surface area contributed by atoms with Crippen molar-refractivity contribution in [2.45, 2.75) is 38.8 Å². The Bertz CT molecular complexity index is 524. The van der Waals surface area contributed by atoms with Crippen molar-refractivity contribution in [2.75, 3.05) is 0 Å². The van der Waals surface area contributed by atoms with Gasteiger partial charge in [0.05, 0.1) is 11.6 Å². The molecule has 1 atom stereocenters. The molecule has 1 fully saturated rings. The van der Waals surface area contributed by atoms with Crippen LogP contribution in [0.25, 0.3) is 0 Å². The molecule has 0 N–H and O–H groups in total. The third-order valence-electron chi connectivity index (χ3n) is 2.82. The van der Waals surface area contributed by atoms with Crippen molar-refractivity contribution in [1.82, 2.24) is 5.06 Å². The third kappa shape index (κ3) is 2.92. The first-order valence-corrected chi connectivity index (χ1v) is 6.24. The molecule has 1 saturated heterocycles. The SMILES string of the molecule is CC(C)(C)ON1C(=O)C(=C=O)CC1c1ccccc1. The van der Waals surface area contributed by atoms with E-state index in [-0.39, 0.29) is 11.6 Å². The summed E-state index contributed by atoms with van der Waals surface area (Å²) in [6.45, 7) is 5.60. The van der Waals surface area contributed by atoms with E-state index in [2.05, 4.69) is 0 Å². The second-order valence-electron chi connectivity index (χ2n) is 5.55. The standard InChI is InChI=1S/C15H17NO3/c1-15(2,3)19-16-13(9-12(10-17)14(16)18)11-7-5-4-6-8-11/h4-8,13H,9H2,1-3H3. The van der Waals surface area contributed by atoms with Crippen LogP contribution in [0.15, 0.2) is 35.9 Å². The van der Waals surface area contributed by atoms with Crippen molar-refractivity contribution in [3.8, 4) is 0 Å². The summed E-state index contributed by atoms with van der Waals surface area (Å²) in [6.07, 6.45) is 0.336. The second-order valence-corrected chi connectivity index (χ2v) is 5.55. The summed E-state index contributed by atoms with van der Waals surface area (Å²) in [5.74, 6) is 1.33. The Morgan fingerprint density at radius 2 is 1.89 bits per heavy atom. The molecule has 0 bridgehead atoms. The number of carbonyl (C=O) groups excluding carboxylic acids is 2. The largest absolute Gasteiger partial charge is 0.285 e. The Morgan fingerprint density at radius 3 is 2.42 bits per heavy atom. The molecular weight excluding hydrogens is 242 g/mol. The number of hydrogen-bond donors (Lipinski definition) is 0. The highest BCUT2D eigenvalue weighted by Crippen LogP contribution is 2.36. The zero-order valence-electron chi connectivity index (χ0n) is 11.3. The van der Waals surface area contributed by atoms with Gasteiger partial charge in [0, 0.05) is 6.42 Å². The van der Waals surface area contributed by atoms with E-state index in [9.17, 15) is 9.59 Å². The van der Waals surface area contributed by atoms with Crippen LogP contribution in [0.2, 0.25) is 0 Å². The molecule has 0 aliphatic carbocycles. The second kappa shape index (κ2) is 5.00. The van der Waals surface area contributed by atoms with Gasteiger partial charge in [0.25, 0.3) is 5.91 Å². The molecule has 0 aromatic heterocycles. The van der Waals surface area contributed by atoms with Gasteiger partial charge in [-0.2, -0.15) is 0 Å². The number of rotatable bonds is 2. The number of hydroxylamine groups is 2. The van der Waals surface area contributed by atoms with Gasteiger partial charge in [0.2, 0.25) is 0 Å². The topological polar surface area (TPSA) is 46.6 Å². The van der Waals surface area contributed by atoms with Crippen LogP contribution < -0.4 is 0 Å². The van der Waals surface area contributed by atoms with Gasteiger partial charge in [0.1, 0.15) is 11.5 Å². The van der Waals surface area contributed by atoms with Gasteiger partial charge in [-0.3, -0.25) is 9.63 Å². The maximum atomic E-state index is 12.1. The highest BCUT2D eigenvalue weighted by atomic mass is 16.7. The maximum absolute atomic E-state index is 12.1. The van der Waals surface area contributed by atoms with Crippen LogP contribution in [-0.4, -0.2) is 22.5 Å². The van der Waals surface area contributed by atoms with Crippen LogP contribution in [-0.2, 0) is 14.4 Å². The van der Waals surface area contributed by atoms with E-state index in [1.54, 1.807) is 5.94 Å². The zero-order valence-corrected chi connectivity index (χ0v) is 11.3. The predicted octanol–water partition coefficient (Wildman–Crippen LogP) is 2.45. The van der Waals surface area contributed by atoms with E-state index in [1.807, 2.05) is 51.1 Å². The first kappa shape index (κ1) is 13.5. The Labute approximate surface area is 112 Å². The van der Waals surface area contributed by atoms with Gasteiger partial charge in [-0.05, 0) is 26.3 Å². The van der Waals surface area contributed by atoms with Crippen molar-refractivity contribution in [3.63, 3.8) is 0 Å². The van der Waals surface area contributed by atoms with Crippen LogP contribution in [0.3, 0.4) is 0 Å². The first-order chi connectivity index (χ1) is 8.92. The summed E-state index contributed by atoms with van der Waals surface area (Å²) in [4.78, 5) is 28.6. The fourth-order valence-electron chi connectivity index (χ4n) is 2.05. The lowest BCUT2D eigenvalue weighted by Gasteiger charge is -2.30. The summed E-state index contributed by atoms with van der Waals surface area (Å²) in [5, 5.41) is 1.30. The van der Waals surface area contributed by atoms with Gasteiger partial charge in [-0.25, -0.2) is 9.86 Å². The number of benzene rings is 1. The lowest BCUT2D eigenvalue weighted by Crippen LogP contribution is -2.36. The Kier molecular flexibility index (Phi) is 3.56. The number of hydrogen-bond acceptors (Lipinski definition) is 3. The van der Waals surface area contributed by atoms with Gasteiger partial charge >= 0.3 is 0 Å². The molecule has 0 radical (unpaired) electrons. The Morgan fingerprint density at radius 1 is 1.26 bits per heavy atom. The minimum Gasteiger partial charge on any atom is -0.266 e. The summed E-state index contributed by atoms with van der Waals surface area (Å²) >= 11 is 0. The lowest BCUT2D eigenvalue weighted by atomic mass is 10.0. The first-order valence-electron chi connectivity index (χ1n) is 6.24. The minimum atomic E-state index is -0.499. The third-order valence-corrected chi connectivity index (χ3v) is 2.82. The van der Waals surface area contributed by atoms with Gasteiger partial charge in [-0.1, -0.05) is 30.3 Å². The molecule has 1 aliphatic heterocycles. The monoisotopic (exact) mass is 259 g/mol. The fourth-order valence-corrected chi connectivity index (χ4v) is 2.05. The summed E-state index contributed by atoms with van der Waals surface area (Å²) in [6, 6.07) is 9.29. The molecule has 4 heteroatoms. The molecule has 1 aromatic carbocycles. The van der Waals surface area contributed by atoms with Gasteiger partial charge in [0.15, 0.2) is 0 Å². The fraction of sp³-hybridized carbons (Fsp3) is 0.400. The van der Waals surface area contributed by atoms with Crippen LogP contribution in [0, 0.1) is 0 Å². The number of amides is 1. The van der Waals surface area contributed by atoms with Crippen molar-refractivity contribution in [3.05, 3.63) is 41.5 Å². The van der Waals surface area contributed by atoms with Crippen molar-refractivity contribution >= 4 is 11.8 Å². The normalized spacial score (nSPS) is 19.7. The lowest BCUT2D eigenvalue weighted by molar-refractivity contribution is -0.233. The predicted molar refractivity (Wildman–Crippen MR) is 70.7 cm³/mol. The van der Waals surface area contributed by atoms with Crippen LogP contribution in [0.5, 0.6) is 0 Å². The molecular formula is C15H17NO3. The highest BCUT2D eigenvalue weighted by molar-refractivity contribution is 6.02. The number of nitrogens with zero attached hydrogens (tertiary/aromatic N) is 1. The van der Waals surface area contributed by atoms with Crippen LogP contribution in [0.1, 0.15) is 38.8 Å². The minimum absolute atomic E-state index is 0.137. The van der Waals surface area contributed by atoms with Crippen molar-refractivity contribution in [2.24, 2.45) is 0 Å². The molecule has 1 heterocycles. The molecule has 1 amide bonds. The molecule has 0 saturated carbocycles. The molecule has 19 heavy (non-hydrogen) atoms. The van der Waals surface area contributed by atoms with E-state index in [0.29, 0.717) is 6.42 Å². The highest BCUT2D eigenvalue weighted by Gasteiger charge is 2.40.